The normalized spacial score (nSPS) is 21.9. The monoisotopic (exact) mass is 211 g/mol. The molecular formula is C13H25NO. The summed E-state index contributed by atoms with van der Waals surface area (Å²) in [5, 5.41) is 10.3. The second-order valence-corrected chi connectivity index (χ2v) is 4.94. The Hall–Kier alpha value is -0.340. The lowest BCUT2D eigenvalue weighted by atomic mass is 9.86. The van der Waals surface area contributed by atoms with Gasteiger partial charge in [-0.1, -0.05) is 18.9 Å². The molecule has 2 nitrogen and oxygen atoms in total. The van der Waals surface area contributed by atoms with Crippen molar-refractivity contribution in [3.8, 4) is 0 Å². The highest BCUT2D eigenvalue weighted by Gasteiger charge is 2.41. The Labute approximate surface area is 94.0 Å². The smallest absolute Gasteiger partial charge is 0.0723 e. The maximum atomic E-state index is 10.3. The summed E-state index contributed by atoms with van der Waals surface area (Å²) in [7, 11) is 4.20. The second kappa shape index (κ2) is 5.66. The summed E-state index contributed by atoms with van der Waals surface area (Å²) in [6.45, 7) is 3.72. The first kappa shape index (κ1) is 12.7. The van der Waals surface area contributed by atoms with Crippen LogP contribution >= 0.6 is 0 Å². The molecule has 0 saturated heterocycles. The zero-order chi connectivity index (χ0) is 11.3. The Morgan fingerprint density at radius 3 is 2.47 bits per heavy atom. The third-order valence-electron chi connectivity index (χ3n) is 3.87. The minimum absolute atomic E-state index is 0.0567. The predicted octanol–water partition coefficient (Wildman–Crippen LogP) is 2.58. The summed E-state index contributed by atoms with van der Waals surface area (Å²) >= 11 is 0. The summed E-state index contributed by atoms with van der Waals surface area (Å²) in [5.74, 6) is 0. The highest BCUT2D eigenvalue weighted by atomic mass is 16.3. The van der Waals surface area contributed by atoms with Crippen molar-refractivity contribution in [3.63, 3.8) is 0 Å². The number of rotatable bonds is 6. The molecule has 1 unspecified atom stereocenters. The lowest BCUT2D eigenvalue weighted by Gasteiger charge is -2.40. The highest BCUT2D eigenvalue weighted by molar-refractivity contribution is 4.98. The number of hydrogen-bond acceptors (Lipinski definition) is 2. The highest BCUT2D eigenvalue weighted by Crippen LogP contribution is 2.38. The number of nitrogens with zero attached hydrogens (tertiary/aromatic N) is 1. The standard InChI is InChI=1S/C13H25NO/c1-4-5-6-9-12(15)13(14(2)3)10-7-8-11-13/h4,12,15H,1,5-11H2,2-3H3. The molecule has 0 aromatic carbocycles. The molecule has 1 N–H and O–H groups in total. The van der Waals surface area contributed by atoms with Gasteiger partial charge in [0.1, 0.15) is 0 Å². The van der Waals surface area contributed by atoms with Crippen LogP contribution in [0.5, 0.6) is 0 Å². The molecule has 1 rings (SSSR count). The fourth-order valence-corrected chi connectivity index (χ4v) is 2.79. The third kappa shape index (κ3) is 2.82. The van der Waals surface area contributed by atoms with Crippen molar-refractivity contribution >= 4 is 0 Å². The number of aliphatic hydroxyl groups excluding tert-OH is 1. The van der Waals surface area contributed by atoms with E-state index in [-0.39, 0.29) is 11.6 Å². The van der Waals surface area contributed by atoms with E-state index in [1.165, 1.54) is 12.8 Å². The SMILES string of the molecule is C=CCCCC(O)C1(N(C)C)CCCC1. The molecule has 15 heavy (non-hydrogen) atoms. The van der Waals surface area contributed by atoms with E-state index in [0.29, 0.717) is 0 Å². The average Bonchev–Trinajstić information content (AvgIpc) is 2.67. The van der Waals surface area contributed by atoms with Gasteiger partial charge >= 0.3 is 0 Å². The van der Waals surface area contributed by atoms with E-state index in [4.69, 9.17) is 0 Å². The number of unbranched alkanes of at least 4 members (excludes halogenated alkanes) is 1. The maximum absolute atomic E-state index is 10.3. The molecule has 1 aliphatic rings. The van der Waals surface area contributed by atoms with Crippen LogP contribution in [0.1, 0.15) is 44.9 Å². The van der Waals surface area contributed by atoms with Gasteiger partial charge in [0.15, 0.2) is 0 Å². The Morgan fingerprint density at radius 2 is 2.00 bits per heavy atom. The van der Waals surface area contributed by atoms with E-state index in [1.54, 1.807) is 0 Å². The molecule has 0 aromatic rings. The number of likely N-dealkylation sites (N-methyl/N-ethyl adjacent to an activating group) is 1. The molecule has 2 heteroatoms. The van der Waals surface area contributed by atoms with Crippen LogP contribution in [0.15, 0.2) is 12.7 Å². The summed E-state index contributed by atoms with van der Waals surface area (Å²) in [6, 6.07) is 0. The Morgan fingerprint density at radius 1 is 1.40 bits per heavy atom. The van der Waals surface area contributed by atoms with Gasteiger partial charge in [-0.2, -0.15) is 0 Å². The van der Waals surface area contributed by atoms with Gasteiger partial charge in [-0.3, -0.25) is 0 Å². The maximum Gasteiger partial charge on any atom is 0.0723 e. The van der Waals surface area contributed by atoms with Crippen molar-refractivity contribution in [2.45, 2.75) is 56.6 Å². The third-order valence-corrected chi connectivity index (χ3v) is 3.87. The molecule has 0 radical (unpaired) electrons. The van der Waals surface area contributed by atoms with Crippen LogP contribution in [0.4, 0.5) is 0 Å². The topological polar surface area (TPSA) is 23.5 Å². The fourth-order valence-electron chi connectivity index (χ4n) is 2.79. The zero-order valence-corrected chi connectivity index (χ0v) is 10.2. The van der Waals surface area contributed by atoms with Crippen LogP contribution in [0, 0.1) is 0 Å². The van der Waals surface area contributed by atoms with Crippen LogP contribution in [0.25, 0.3) is 0 Å². The van der Waals surface area contributed by atoms with Crippen molar-refractivity contribution < 1.29 is 5.11 Å². The van der Waals surface area contributed by atoms with Crippen molar-refractivity contribution in [1.29, 1.82) is 0 Å². The lowest BCUT2D eigenvalue weighted by molar-refractivity contribution is -0.00865. The van der Waals surface area contributed by atoms with Gasteiger partial charge in [0.25, 0.3) is 0 Å². The first-order chi connectivity index (χ1) is 7.13. The molecular weight excluding hydrogens is 186 g/mol. The summed E-state index contributed by atoms with van der Waals surface area (Å²) in [5.41, 5.74) is 0.0567. The van der Waals surface area contributed by atoms with Gasteiger partial charge in [0.05, 0.1) is 6.10 Å². The lowest BCUT2D eigenvalue weighted by Crippen LogP contribution is -2.51. The minimum Gasteiger partial charge on any atom is -0.391 e. The van der Waals surface area contributed by atoms with Gasteiger partial charge in [-0.05, 0) is 46.2 Å². The van der Waals surface area contributed by atoms with E-state index in [0.717, 1.165) is 32.1 Å². The molecule has 1 fully saturated rings. The van der Waals surface area contributed by atoms with Crippen LogP contribution in [-0.2, 0) is 0 Å². The largest absolute Gasteiger partial charge is 0.391 e. The van der Waals surface area contributed by atoms with Gasteiger partial charge in [-0.15, -0.1) is 6.58 Å². The predicted molar refractivity (Wildman–Crippen MR) is 64.9 cm³/mol. The van der Waals surface area contributed by atoms with Crippen LogP contribution in [0.3, 0.4) is 0 Å². The van der Waals surface area contributed by atoms with Gasteiger partial charge in [0.2, 0.25) is 0 Å². The number of hydrogen-bond donors (Lipinski definition) is 1. The molecule has 0 heterocycles. The van der Waals surface area contributed by atoms with Crippen molar-refractivity contribution in [3.05, 3.63) is 12.7 Å². The second-order valence-electron chi connectivity index (χ2n) is 4.94. The van der Waals surface area contributed by atoms with Crippen LogP contribution < -0.4 is 0 Å². The number of aliphatic hydroxyl groups is 1. The summed E-state index contributed by atoms with van der Waals surface area (Å²) < 4.78 is 0. The molecule has 0 aromatic heterocycles. The molecule has 0 amide bonds. The van der Waals surface area contributed by atoms with E-state index < -0.39 is 0 Å². The number of allylic oxidation sites excluding steroid dienone is 1. The summed E-state index contributed by atoms with van der Waals surface area (Å²) in [4.78, 5) is 2.23. The molecule has 0 aliphatic heterocycles. The van der Waals surface area contributed by atoms with E-state index in [2.05, 4.69) is 25.6 Å². The van der Waals surface area contributed by atoms with E-state index in [9.17, 15) is 5.11 Å². The fraction of sp³-hybridized carbons (Fsp3) is 0.846. The Bertz CT molecular complexity index is 195. The van der Waals surface area contributed by atoms with E-state index in [1.807, 2.05) is 6.08 Å². The zero-order valence-electron chi connectivity index (χ0n) is 10.2. The molecule has 1 aliphatic carbocycles. The molecule has 1 atom stereocenters. The molecule has 0 spiro atoms. The quantitative estimate of drug-likeness (QED) is 0.539. The van der Waals surface area contributed by atoms with Crippen molar-refractivity contribution in [1.82, 2.24) is 4.90 Å². The van der Waals surface area contributed by atoms with E-state index >= 15 is 0 Å². The Balaban J connectivity index is 2.51. The minimum atomic E-state index is -0.171. The summed E-state index contributed by atoms with van der Waals surface area (Å²) in [6.07, 6.45) is 9.56. The molecule has 1 saturated carbocycles. The van der Waals surface area contributed by atoms with Gasteiger partial charge in [0, 0.05) is 5.54 Å². The van der Waals surface area contributed by atoms with Crippen molar-refractivity contribution in [2.24, 2.45) is 0 Å². The van der Waals surface area contributed by atoms with Gasteiger partial charge < -0.3 is 10.0 Å². The first-order valence-corrected chi connectivity index (χ1v) is 6.10. The van der Waals surface area contributed by atoms with Crippen LogP contribution in [-0.4, -0.2) is 35.7 Å². The van der Waals surface area contributed by atoms with Crippen molar-refractivity contribution in [2.75, 3.05) is 14.1 Å². The molecule has 0 bridgehead atoms. The Kier molecular flexibility index (Phi) is 4.81. The average molecular weight is 211 g/mol. The molecule has 88 valence electrons. The first-order valence-electron chi connectivity index (χ1n) is 6.10. The van der Waals surface area contributed by atoms with Gasteiger partial charge in [-0.25, -0.2) is 0 Å². The van der Waals surface area contributed by atoms with Crippen LogP contribution in [0.2, 0.25) is 0 Å².